The number of methoxy groups -OCH3 is 1. The Kier molecular flexibility index (Phi) is 6.77. The molecular formula is C19H25N3O3. The van der Waals surface area contributed by atoms with Crippen molar-refractivity contribution in [3.05, 3.63) is 65.1 Å². The third-order valence-electron chi connectivity index (χ3n) is 4.22. The third kappa shape index (κ3) is 4.93. The number of hydrogen-bond acceptors (Lipinski definition) is 4. The average molecular weight is 343 g/mol. The number of carbonyl (C=O) groups is 1. The maximum Gasteiger partial charge on any atom is 0.257 e. The van der Waals surface area contributed by atoms with Gasteiger partial charge in [0, 0.05) is 12.6 Å². The number of nitrogens with zero attached hydrogens (tertiary/aromatic N) is 2. The van der Waals surface area contributed by atoms with Crippen LogP contribution in [-0.4, -0.2) is 37.6 Å². The van der Waals surface area contributed by atoms with E-state index in [1.165, 1.54) is 12.4 Å². The molecule has 0 unspecified atom stereocenters. The molecule has 1 atom stereocenters. The van der Waals surface area contributed by atoms with Crippen LogP contribution >= 0.6 is 0 Å². The molecule has 0 fully saturated rings. The topological polar surface area (TPSA) is 68.5 Å². The molecule has 0 aliphatic rings. The van der Waals surface area contributed by atoms with Gasteiger partial charge in [0.2, 0.25) is 0 Å². The lowest BCUT2D eigenvalue weighted by atomic mass is 10.0. The van der Waals surface area contributed by atoms with Gasteiger partial charge in [-0.1, -0.05) is 26.0 Å². The van der Waals surface area contributed by atoms with Crippen LogP contribution in [-0.2, 0) is 0 Å². The SMILES string of the molecule is CCN(CC)[C@H](CNC(=O)c1ccc[n+]([O-])c1)c1cccc(OC)c1. The number of rotatable bonds is 8. The van der Waals surface area contributed by atoms with E-state index in [-0.39, 0.29) is 11.9 Å². The normalized spacial score (nSPS) is 12.0. The summed E-state index contributed by atoms with van der Waals surface area (Å²) in [6.45, 7) is 6.35. The second-order valence-corrected chi connectivity index (χ2v) is 5.68. The molecule has 0 aliphatic heterocycles. The summed E-state index contributed by atoms with van der Waals surface area (Å²) in [5.41, 5.74) is 1.43. The maximum absolute atomic E-state index is 12.3. The smallest absolute Gasteiger partial charge is 0.257 e. The van der Waals surface area contributed by atoms with Crippen LogP contribution in [0.1, 0.15) is 35.8 Å². The van der Waals surface area contributed by atoms with Crippen LogP contribution in [0.15, 0.2) is 48.8 Å². The summed E-state index contributed by atoms with van der Waals surface area (Å²) in [5, 5.41) is 14.3. The van der Waals surface area contributed by atoms with Crippen LogP contribution in [0.4, 0.5) is 0 Å². The average Bonchev–Trinajstić information content (AvgIpc) is 2.65. The Morgan fingerprint density at radius 2 is 2.04 bits per heavy atom. The van der Waals surface area contributed by atoms with Gasteiger partial charge in [-0.2, -0.15) is 4.73 Å². The highest BCUT2D eigenvalue weighted by molar-refractivity contribution is 5.93. The maximum atomic E-state index is 12.3. The van der Waals surface area contributed by atoms with E-state index in [9.17, 15) is 10.0 Å². The van der Waals surface area contributed by atoms with E-state index in [2.05, 4.69) is 24.1 Å². The highest BCUT2D eigenvalue weighted by Crippen LogP contribution is 2.23. The molecular weight excluding hydrogens is 318 g/mol. The van der Waals surface area contributed by atoms with E-state index >= 15 is 0 Å². The number of hydrogen-bond donors (Lipinski definition) is 1. The van der Waals surface area contributed by atoms with Gasteiger partial charge < -0.3 is 15.3 Å². The zero-order valence-electron chi connectivity index (χ0n) is 14.9. The molecule has 1 aromatic heterocycles. The molecule has 0 radical (unpaired) electrons. The largest absolute Gasteiger partial charge is 0.619 e. The molecule has 1 aromatic carbocycles. The Morgan fingerprint density at radius 3 is 2.68 bits per heavy atom. The fourth-order valence-corrected chi connectivity index (χ4v) is 2.85. The van der Waals surface area contributed by atoms with Crippen molar-refractivity contribution in [2.75, 3.05) is 26.7 Å². The number of likely N-dealkylation sites (N-methyl/N-ethyl adjacent to an activating group) is 1. The molecule has 1 heterocycles. The van der Waals surface area contributed by atoms with Crippen LogP contribution < -0.4 is 14.8 Å². The van der Waals surface area contributed by atoms with E-state index < -0.39 is 0 Å². The van der Waals surface area contributed by atoms with Crippen molar-refractivity contribution < 1.29 is 14.3 Å². The van der Waals surface area contributed by atoms with Crippen LogP contribution in [0.5, 0.6) is 5.75 Å². The lowest BCUT2D eigenvalue weighted by Crippen LogP contribution is -2.38. The number of ether oxygens (including phenoxy) is 1. The lowest BCUT2D eigenvalue weighted by molar-refractivity contribution is -0.605. The molecule has 2 aromatic rings. The van der Waals surface area contributed by atoms with Crippen molar-refractivity contribution in [1.82, 2.24) is 10.2 Å². The van der Waals surface area contributed by atoms with E-state index in [1.807, 2.05) is 24.3 Å². The first-order valence-electron chi connectivity index (χ1n) is 8.44. The first kappa shape index (κ1) is 18.7. The molecule has 0 aliphatic carbocycles. The van der Waals surface area contributed by atoms with Gasteiger partial charge in [-0.25, -0.2) is 0 Å². The fourth-order valence-electron chi connectivity index (χ4n) is 2.85. The second kappa shape index (κ2) is 9.03. The van der Waals surface area contributed by atoms with Crippen LogP contribution in [0.3, 0.4) is 0 Å². The monoisotopic (exact) mass is 343 g/mol. The quantitative estimate of drug-likeness (QED) is 0.589. The van der Waals surface area contributed by atoms with Gasteiger partial charge in [-0.05, 0) is 36.9 Å². The molecule has 134 valence electrons. The molecule has 0 saturated carbocycles. The van der Waals surface area contributed by atoms with Gasteiger partial charge in [0.25, 0.3) is 5.91 Å². The van der Waals surface area contributed by atoms with Crippen molar-refractivity contribution in [3.8, 4) is 5.75 Å². The predicted octanol–water partition coefficient (Wildman–Crippen LogP) is 2.14. The number of amides is 1. The summed E-state index contributed by atoms with van der Waals surface area (Å²) in [7, 11) is 1.64. The molecule has 2 rings (SSSR count). The summed E-state index contributed by atoms with van der Waals surface area (Å²) in [5.74, 6) is 0.529. The molecule has 25 heavy (non-hydrogen) atoms. The Morgan fingerprint density at radius 1 is 1.28 bits per heavy atom. The summed E-state index contributed by atoms with van der Waals surface area (Å²) in [4.78, 5) is 14.6. The lowest BCUT2D eigenvalue weighted by Gasteiger charge is -2.30. The van der Waals surface area contributed by atoms with Crippen LogP contribution in [0.2, 0.25) is 0 Å². The summed E-state index contributed by atoms with van der Waals surface area (Å²) in [6.07, 6.45) is 2.62. The Labute approximate surface area is 148 Å². The standard InChI is InChI=1S/C19H25N3O3/c1-4-21(5-2)18(15-8-6-10-17(12-15)25-3)13-20-19(23)16-9-7-11-22(24)14-16/h6-12,14,18H,4-5,13H2,1-3H3,(H,20,23)/t18-/m1/s1. The molecule has 1 amide bonds. The van der Waals surface area contributed by atoms with Crippen molar-refractivity contribution in [3.63, 3.8) is 0 Å². The fraction of sp³-hybridized carbons (Fsp3) is 0.368. The molecule has 6 nitrogen and oxygen atoms in total. The summed E-state index contributed by atoms with van der Waals surface area (Å²) < 4.78 is 5.94. The minimum Gasteiger partial charge on any atom is -0.619 e. The molecule has 1 N–H and O–H groups in total. The zero-order chi connectivity index (χ0) is 18.2. The van der Waals surface area contributed by atoms with E-state index in [4.69, 9.17) is 4.74 Å². The predicted molar refractivity (Wildman–Crippen MR) is 96.4 cm³/mol. The Bertz CT molecular complexity index is 702. The van der Waals surface area contributed by atoms with Gasteiger partial charge in [0.1, 0.15) is 11.3 Å². The molecule has 0 bridgehead atoms. The van der Waals surface area contributed by atoms with Crippen LogP contribution in [0.25, 0.3) is 0 Å². The number of carbonyl (C=O) groups excluding carboxylic acids is 1. The minimum absolute atomic E-state index is 0.0251. The first-order valence-corrected chi connectivity index (χ1v) is 8.44. The van der Waals surface area contributed by atoms with Gasteiger partial charge >= 0.3 is 0 Å². The van der Waals surface area contributed by atoms with Gasteiger partial charge in [0.05, 0.1) is 13.2 Å². The highest BCUT2D eigenvalue weighted by atomic mass is 16.5. The first-order chi connectivity index (χ1) is 12.1. The number of benzene rings is 1. The Hall–Kier alpha value is -2.60. The van der Waals surface area contributed by atoms with Crippen molar-refractivity contribution in [2.24, 2.45) is 0 Å². The van der Waals surface area contributed by atoms with E-state index in [0.29, 0.717) is 16.8 Å². The summed E-state index contributed by atoms with van der Waals surface area (Å²) in [6, 6.07) is 11.1. The second-order valence-electron chi connectivity index (χ2n) is 5.68. The van der Waals surface area contributed by atoms with Gasteiger partial charge in [-0.3, -0.25) is 9.69 Å². The van der Waals surface area contributed by atoms with Gasteiger partial charge in [0.15, 0.2) is 12.4 Å². The Balaban J connectivity index is 2.17. The van der Waals surface area contributed by atoms with Crippen molar-refractivity contribution in [2.45, 2.75) is 19.9 Å². The summed E-state index contributed by atoms with van der Waals surface area (Å²) >= 11 is 0. The van der Waals surface area contributed by atoms with E-state index in [1.54, 1.807) is 19.2 Å². The van der Waals surface area contributed by atoms with Crippen molar-refractivity contribution in [1.29, 1.82) is 0 Å². The molecule has 0 saturated heterocycles. The number of pyridine rings is 1. The molecule has 6 heteroatoms. The minimum atomic E-state index is -0.259. The van der Waals surface area contributed by atoms with Gasteiger partial charge in [-0.15, -0.1) is 0 Å². The van der Waals surface area contributed by atoms with Crippen molar-refractivity contribution >= 4 is 5.91 Å². The highest BCUT2D eigenvalue weighted by Gasteiger charge is 2.20. The van der Waals surface area contributed by atoms with Crippen LogP contribution in [0, 0.1) is 5.21 Å². The molecule has 0 spiro atoms. The number of nitrogens with one attached hydrogen (secondary N) is 1. The third-order valence-corrected chi connectivity index (χ3v) is 4.22. The zero-order valence-corrected chi connectivity index (χ0v) is 14.9. The van der Waals surface area contributed by atoms with E-state index in [0.717, 1.165) is 24.4 Å². The number of aromatic nitrogens is 1.